The Balaban J connectivity index is 0.00000272. The average molecular weight is 469 g/mol. The van der Waals surface area contributed by atoms with Gasteiger partial charge in [0.05, 0.1) is 4.90 Å². The molecule has 3 N–H and O–H groups in total. The van der Waals surface area contributed by atoms with Crippen LogP contribution >= 0.6 is 12.4 Å². The van der Waals surface area contributed by atoms with Crippen LogP contribution in [0.5, 0.6) is 5.75 Å². The maximum Gasteiger partial charge on any atom is 0.262 e. The predicted molar refractivity (Wildman–Crippen MR) is 117 cm³/mol. The van der Waals surface area contributed by atoms with E-state index >= 15 is 0 Å². The molecule has 1 atom stereocenters. The second-order valence-corrected chi connectivity index (χ2v) is 8.82. The summed E-state index contributed by atoms with van der Waals surface area (Å²) in [5, 5.41) is 4.70. The normalized spacial score (nSPS) is 17.0. The minimum absolute atomic E-state index is 0. The van der Waals surface area contributed by atoms with Crippen LogP contribution < -0.4 is 15.4 Å². The Labute approximate surface area is 186 Å². The molecule has 0 saturated carbocycles. The summed E-state index contributed by atoms with van der Waals surface area (Å²) < 4.78 is 35.5. The van der Waals surface area contributed by atoms with Gasteiger partial charge in [0.1, 0.15) is 24.7 Å². The monoisotopic (exact) mass is 468 g/mol. The summed E-state index contributed by atoms with van der Waals surface area (Å²) in [4.78, 5) is 9.66. The molecule has 3 aromatic rings. The third-order valence-corrected chi connectivity index (χ3v) is 6.16. The molecule has 1 aliphatic heterocycles. The summed E-state index contributed by atoms with van der Waals surface area (Å²) in [5.74, 6) is 0.680. The van der Waals surface area contributed by atoms with Gasteiger partial charge in [-0.15, -0.1) is 12.4 Å². The molecule has 1 aromatic heterocycles. The maximum atomic E-state index is 12.2. The standard InChI is InChI=1S/C20H24N4O5S.ClH/c21-15-8-9-24(13-15)10-11-27-16-6-7-18-19(22-29-20(18)12-16)14-28-23-30(25,26)17-4-2-1-3-5-17;/h1-7,12,15,23H,8-11,13-14,21H2;1H. The number of hydrogen-bond acceptors (Lipinski definition) is 8. The molecule has 0 bridgehead atoms. The zero-order chi connectivity index (χ0) is 21.0. The Morgan fingerprint density at radius 1 is 1.23 bits per heavy atom. The van der Waals surface area contributed by atoms with Crippen molar-refractivity contribution >= 4 is 33.4 Å². The summed E-state index contributed by atoms with van der Waals surface area (Å²) in [6.07, 6.45) is 1.02. The number of nitrogens with one attached hydrogen (secondary N) is 1. The van der Waals surface area contributed by atoms with Gasteiger partial charge in [-0.3, -0.25) is 9.74 Å². The van der Waals surface area contributed by atoms with Crippen LogP contribution in [-0.2, 0) is 21.5 Å². The van der Waals surface area contributed by atoms with E-state index in [1.165, 1.54) is 12.1 Å². The van der Waals surface area contributed by atoms with Gasteiger partial charge in [-0.2, -0.15) is 0 Å². The van der Waals surface area contributed by atoms with Gasteiger partial charge >= 0.3 is 0 Å². The molecule has 0 radical (unpaired) electrons. The highest BCUT2D eigenvalue weighted by Crippen LogP contribution is 2.24. The average Bonchev–Trinajstić information content (AvgIpc) is 3.34. The summed E-state index contributed by atoms with van der Waals surface area (Å²) in [5.41, 5.74) is 6.94. The second-order valence-electron chi connectivity index (χ2n) is 7.17. The summed E-state index contributed by atoms with van der Waals surface area (Å²) in [6, 6.07) is 13.6. The third-order valence-electron chi connectivity index (χ3n) is 4.93. The Morgan fingerprint density at radius 2 is 2.03 bits per heavy atom. The van der Waals surface area contributed by atoms with Gasteiger partial charge in [0.15, 0.2) is 5.58 Å². The predicted octanol–water partition coefficient (Wildman–Crippen LogP) is 2.07. The number of ether oxygens (including phenoxy) is 1. The van der Waals surface area contributed by atoms with E-state index in [9.17, 15) is 8.42 Å². The fourth-order valence-electron chi connectivity index (χ4n) is 3.35. The van der Waals surface area contributed by atoms with E-state index in [1.54, 1.807) is 24.3 Å². The lowest BCUT2D eigenvalue weighted by Gasteiger charge is -2.15. The van der Waals surface area contributed by atoms with Crippen LogP contribution in [0, 0.1) is 0 Å². The van der Waals surface area contributed by atoms with Gasteiger partial charge in [0.2, 0.25) is 0 Å². The highest BCUT2D eigenvalue weighted by atomic mass is 35.5. The lowest BCUT2D eigenvalue weighted by molar-refractivity contribution is 0.0760. The smallest absolute Gasteiger partial charge is 0.262 e. The van der Waals surface area contributed by atoms with Crippen molar-refractivity contribution in [2.45, 2.75) is 24.0 Å². The SMILES string of the molecule is Cl.NC1CCN(CCOc2ccc3c(CONS(=O)(=O)c4ccccc4)noc3c2)C1. The van der Waals surface area contributed by atoms with E-state index in [2.05, 4.69) is 14.9 Å². The summed E-state index contributed by atoms with van der Waals surface area (Å²) in [7, 11) is -3.76. The Hall–Kier alpha value is -2.21. The molecule has 9 nitrogen and oxygen atoms in total. The number of sulfonamides is 1. The minimum atomic E-state index is -3.76. The molecule has 1 saturated heterocycles. The van der Waals surface area contributed by atoms with Gasteiger partial charge in [-0.1, -0.05) is 28.2 Å². The molecule has 2 aromatic carbocycles. The molecule has 168 valence electrons. The molecule has 0 aliphatic carbocycles. The van der Waals surface area contributed by atoms with Gasteiger partial charge in [-0.25, -0.2) is 8.42 Å². The van der Waals surface area contributed by atoms with Crippen LogP contribution in [0.25, 0.3) is 11.0 Å². The molecule has 0 spiro atoms. The van der Waals surface area contributed by atoms with Crippen molar-refractivity contribution in [1.29, 1.82) is 0 Å². The van der Waals surface area contributed by atoms with Gasteiger partial charge in [0, 0.05) is 30.6 Å². The molecular weight excluding hydrogens is 444 g/mol. The van der Waals surface area contributed by atoms with Crippen molar-refractivity contribution in [1.82, 2.24) is 14.9 Å². The zero-order valence-corrected chi connectivity index (χ0v) is 18.4. The highest BCUT2D eigenvalue weighted by Gasteiger charge is 2.19. The number of fused-ring (bicyclic) bond motifs is 1. The quantitative estimate of drug-likeness (QED) is 0.458. The first kappa shape index (κ1) is 23.5. The Morgan fingerprint density at radius 3 is 2.77 bits per heavy atom. The van der Waals surface area contributed by atoms with Crippen molar-refractivity contribution < 1.29 is 22.5 Å². The topological polar surface area (TPSA) is 120 Å². The molecule has 1 fully saturated rings. The third kappa shape index (κ3) is 5.94. The van der Waals surface area contributed by atoms with Gasteiger partial charge in [0.25, 0.3) is 10.0 Å². The van der Waals surface area contributed by atoms with E-state index < -0.39 is 10.0 Å². The molecule has 0 amide bonds. The van der Waals surface area contributed by atoms with Crippen LogP contribution in [0.2, 0.25) is 0 Å². The molecular formula is C20H25ClN4O5S. The first-order valence-electron chi connectivity index (χ1n) is 9.69. The molecule has 1 unspecified atom stereocenters. The fourth-order valence-corrected chi connectivity index (χ4v) is 4.17. The number of rotatable bonds is 9. The number of hydrogen-bond donors (Lipinski definition) is 2. The Bertz CT molecular complexity index is 1090. The number of halogens is 1. The number of benzene rings is 2. The van der Waals surface area contributed by atoms with E-state index in [1.807, 2.05) is 12.1 Å². The Kier molecular flexibility index (Phi) is 7.87. The molecule has 11 heteroatoms. The highest BCUT2D eigenvalue weighted by molar-refractivity contribution is 7.89. The van der Waals surface area contributed by atoms with Crippen molar-refractivity contribution in [3.05, 3.63) is 54.2 Å². The molecule has 1 aliphatic rings. The van der Waals surface area contributed by atoms with E-state index in [0.717, 1.165) is 31.4 Å². The van der Waals surface area contributed by atoms with Crippen LogP contribution in [0.15, 0.2) is 57.9 Å². The summed E-state index contributed by atoms with van der Waals surface area (Å²) >= 11 is 0. The van der Waals surface area contributed by atoms with Crippen LogP contribution in [-0.4, -0.2) is 50.8 Å². The number of aromatic nitrogens is 1. The number of nitrogens with zero attached hydrogens (tertiary/aromatic N) is 2. The van der Waals surface area contributed by atoms with Crippen molar-refractivity contribution in [3.8, 4) is 5.75 Å². The van der Waals surface area contributed by atoms with E-state index in [-0.39, 0.29) is 30.0 Å². The second kappa shape index (κ2) is 10.4. The van der Waals surface area contributed by atoms with Gasteiger partial charge in [-0.05, 0) is 37.2 Å². The van der Waals surface area contributed by atoms with E-state index in [4.69, 9.17) is 19.8 Å². The van der Waals surface area contributed by atoms with Crippen molar-refractivity contribution in [2.75, 3.05) is 26.2 Å². The fraction of sp³-hybridized carbons (Fsp3) is 0.350. The molecule has 4 rings (SSSR count). The van der Waals surface area contributed by atoms with Crippen molar-refractivity contribution in [3.63, 3.8) is 0 Å². The van der Waals surface area contributed by atoms with Crippen LogP contribution in [0.3, 0.4) is 0 Å². The first-order valence-corrected chi connectivity index (χ1v) is 11.2. The molecule has 31 heavy (non-hydrogen) atoms. The summed E-state index contributed by atoms with van der Waals surface area (Å²) in [6.45, 7) is 3.21. The lowest BCUT2D eigenvalue weighted by atomic mass is 10.2. The number of likely N-dealkylation sites (tertiary alicyclic amines) is 1. The number of nitrogens with two attached hydrogens (primary N) is 1. The largest absolute Gasteiger partial charge is 0.492 e. The maximum absolute atomic E-state index is 12.2. The van der Waals surface area contributed by atoms with Crippen LogP contribution in [0.4, 0.5) is 0 Å². The molecule has 2 heterocycles. The van der Waals surface area contributed by atoms with Gasteiger partial charge < -0.3 is 15.0 Å². The van der Waals surface area contributed by atoms with Crippen molar-refractivity contribution in [2.24, 2.45) is 5.73 Å². The van der Waals surface area contributed by atoms with E-state index in [0.29, 0.717) is 23.6 Å². The lowest BCUT2D eigenvalue weighted by Crippen LogP contribution is -2.29. The van der Waals surface area contributed by atoms with Crippen LogP contribution in [0.1, 0.15) is 12.1 Å². The minimum Gasteiger partial charge on any atom is -0.492 e. The first-order chi connectivity index (χ1) is 14.5. The zero-order valence-electron chi connectivity index (χ0n) is 16.8.